The number of amides is 4. The molecule has 0 aliphatic carbocycles. The number of para-hydroxylation sites is 1. The summed E-state index contributed by atoms with van der Waals surface area (Å²) in [5, 5.41) is 2.41. The Morgan fingerprint density at radius 2 is 1.70 bits per heavy atom. The highest BCUT2D eigenvalue weighted by molar-refractivity contribution is 6.46. The fraction of sp³-hybridized carbons (Fsp3) is 0.0455. The third-order valence-corrected chi connectivity index (χ3v) is 5.46. The Kier molecular flexibility index (Phi) is 5.20. The van der Waals surface area contributed by atoms with E-state index in [1.807, 2.05) is 54.1 Å². The van der Waals surface area contributed by atoms with E-state index in [1.165, 1.54) is 18.2 Å². The molecule has 30 heavy (non-hydrogen) atoms. The Morgan fingerprint density at radius 3 is 2.43 bits per heavy atom. The molecule has 0 atom stereocenters. The molecule has 3 aromatic rings. The van der Waals surface area contributed by atoms with E-state index < -0.39 is 17.8 Å². The second kappa shape index (κ2) is 7.82. The predicted octanol–water partition coefficient (Wildman–Crippen LogP) is 4.76. The number of halogens is 2. The molecule has 0 spiro atoms. The topological polar surface area (TPSA) is 71.4 Å². The lowest BCUT2D eigenvalue weighted by atomic mass is 10.1. The molecule has 4 rings (SSSR count). The SMILES string of the molecule is Cc1cc(/C=C2/C(=O)NC(=O)N(c3cccc(Cl)c3Cl)C2=O)cn1-c1ccccc1. The van der Waals surface area contributed by atoms with Gasteiger partial charge >= 0.3 is 6.03 Å². The highest BCUT2D eigenvalue weighted by Crippen LogP contribution is 2.34. The van der Waals surface area contributed by atoms with Gasteiger partial charge in [-0.15, -0.1) is 0 Å². The normalized spacial score (nSPS) is 15.6. The smallest absolute Gasteiger partial charge is 0.321 e. The second-order valence-corrected chi connectivity index (χ2v) is 7.44. The number of anilines is 1. The van der Waals surface area contributed by atoms with E-state index in [1.54, 1.807) is 6.07 Å². The minimum absolute atomic E-state index is 0.0439. The van der Waals surface area contributed by atoms with E-state index in [4.69, 9.17) is 23.2 Å². The fourth-order valence-corrected chi connectivity index (χ4v) is 3.63. The summed E-state index contributed by atoms with van der Waals surface area (Å²) in [7, 11) is 0. The first-order chi connectivity index (χ1) is 14.4. The monoisotopic (exact) mass is 439 g/mol. The Bertz CT molecular complexity index is 1220. The van der Waals surface area contributed by atoms with Crippen molar-refractivity contribution >= 4 is 52.8 Å². The minimum atomic E-state index is -0.885. The van der Waals surface area contributed by atoms with Crippen LogP contribution in [0.3, 0.4) is 0 Å². The van der Waals surface area contributed by atoms with Crippen LogP contribution in [0, 0.1) is 6.92 Å². The van der Waals surface area contributed by atoms with Crippen molar-refractivity contribution < 1.29 is 14.4 Å². The molecule has 150 valence electrons. The molecule has 0 bridgehead atoms. The number of imide groups is 2. The molecule has 1 saturated heterocycles. The highest BCUT2D eigenvalue weighted by Gasteiger charge is 2.38. The molecule has 1 fully saturated rings. The van der Waals surface area contributed by atoms with Crippen LogP contribution in [0.2, 0.25) is 10.0 Å². The Balaban J connectivity index is 1.74. The average Bonchev–Trinajstić information content (AvgIpc) is 3.09. The number of hydrogen-bond acceptors (Lipinski definition) is 3. The summed E-state index contributed by atoms with van der Waals surface area (Å²) in [6, 6.07) is 15.2. The van der Waals surface area contributed by atoms with Gasteiger partial charge in [-0.25, -0.2) is 9.69 Å². The van der Waals surface area contributed by atoms with Crippen LogP contribution in [0.15, 0.2) is 66.4 Å². The van der Waals surface area contributed by atoms with Crippen molar-refractivity contribution in [2.75, 3.05) is 4.90 Å². The van der Waals surface area contributed by atoms with Crippen molar-refractivity contribution in [3.63, 3.8) is 0 Å². The molecule has 1 N–H and O–H groups in total. The summed E-state index contributed by atoms with van der Waals surface area (Å²) in [5.74, 6) is -1.55. The molecule has 2 heterocycles. The van der Waals surface area contributed by atoms with Crippen LogP contribution in [-0.4, -0.2) is 22.4 Å². The number of nitrogens with zero attached hydrogens (tertiary/aromatic N) is 2. The number of aromatic nitrogens is 1. The summed E-state index contributed by atoms with van der Waals surface area (Å²) >= 11 is 12.2. The van der Waals surface area contributed by atoms with E-state index >= 15 is 0 Å². The molecule has 0 unspecified atom stereocenters. The van der Waals surface area contributed by atoms with Gasteiger partial charge in [0.15, 0.2) is 0 Å². The van der Waals surface area contributed by atoms with Gasteiger partial charge in [-0.2, -0.15) is 0 Å². The third kappa shape index (κ3) is 3.51. The highest BCUT2D eigenvalue weighted by atomic mass is 35.5. The van der Waals surface area contributed by atoms with Crippen LogP contribution in [0.5, 0.6) is 0 Å². The molecule has 0 saturated carbocycles. The number of barbiturate groups is 1. The van der Waals surface area contributed by atoms with Gasteiger partial charge in [0.25, 0.3) is 11.8 Å². The summed E-state index contributed by atoms with van der Waals surface area (Å²) in [5.41, 5.74) is 2.42. The summed E-state index contributed by atoms with van der Waals surface area (Å²) < 4.78 is 1.94. The van der Waals surface area contributed by atoms with Gasteiger partial charge in [-0.1, -0.05) is 47.5 Å². The van der Waals surface area contributed by atoms with Crippen molar-refractivity contribution in [2.45, 2.75) is 6.92 Å². The van der Waals surface area contributed by atoms with Crippen LogP contribution in [-0.2, 0) is 9.59 Å². The van der Waals surface area contributed by atoms with Crippen molar-refractivity contribution in [3.05, 3.63) is 87.7 Å². The van der Waals surface area contributed by atoms with Crippen molar-refractivity contribution in [1.29, 1.82) is 0 Å². The van der Waals surface area contributed by atoms with Gasteiger partial charge in [0.1, 0.15) is 5.57 Å². The van der Waals surface area contributed by atoms with E-state index in [0.29, 0.717) is 5.56 Å². The van der Waals surface area contributed by atoms with Crippen LogP contribution in [0.1, 0.15) is 11.3 Å². The summed E-state index contributed by atoms with van der Waals surface area (Å²) in [6.07, 6.45) is 3.26. The first-order valence-corrected chi connectivity index (χ1v) is 9.72. The maximum atomic E-state index is 13.0. The summed E-state index contributed by atoms with van der Waals surface area (Å²) in [6.45, 7) is 1.92. The maximum absolute atomic E-state index is 13.0. The number of rotatable bonds is 3. The van der Waals surface area contributed by atoms with Gasteiger partial charge in [0.2, 0.25) is 0 Å². The maximum Gasteiger partial charge on any atom is 0.336 e. The zero-order chi connectivity index (χ0) is 21.4. The number of urea groups is 1. The van der Waals surface area contributed by atoms with Crippen LogP contribution < -0.4 is 10.2 Å². The number of hydrogen-bond donors (Lipinski definition) is 1. The number of carbonyl (C=O) groups excluding carboxylic acids is 3. The lowest BCUT2D eigenvalue weighted by Crippen LogP contribution is -2.54. The molecule has 8 heteroatoms. The van der Waals surface area contributed by atoms with Gasteiger partial charge < -0.3 is 4.57 Å². The Hall–Kier alpha value is -3.35. The van der Waals surface area contributed by atoms with Gasteiger partial charge in [0.05, 0.1) is 15.7 Å². The number of benzene rings is 2. The van der Waals surface area contributed by atoms with E-state index in [0.717, 1.165) is 16.3 Å². The fourth-order valence-electron chi connectivity index (χ4n) is 3.25. The minimum Gasteiger partial charge on any atom is -0.321 e. The molecular weight excluding hydrogens is 425 g/mol. The average molecular weight is 440 g/mol. The van der Waals surface area contributed by atoms with Crippen molar-refractivity contribution in [1.82, 2.24) is 9.88 Å². The van der Waals surface area contributed by atoms with Crippen molar-refractivity contribution in [3.8, 4) is 5.69 Å². The van der Waals surface area contributed by atoms with Gasteiger partial charge in [-0.05, 0) is 48.9 Å². The summed E-state index contributed by atoms with van der Waals surface area (Å²) in [4.78, 5) is 38.6. The lowest BCUT2D eigenvalue weighted by Gasteiger charge is -2.27. The van der Waals surface area contributed by atoms with E-state index in [-0.39, 0.29) is 21.3 Å². The molecular formula is C22H15Cl2N3O3. The van der Waals surface area contributed by atoms with Gasteiger partial charge in [0, 0.05) is 17.6 Å². The number of aryl methyl sites for hydroxylation is 1. The van der Waals surface area contributed by atoms with E-state index in [2.05, 4.69) is 5.32 Å². The standard InChI is InChI=1S/C22H15Cl2N3O3/c1-13-10-14(12-26(13)15-6-3-2-4-7-15)11-16-20(28)25-22(30)27(21(16)29)18-9-5-8-17(23)19(18)24/h2-12H,1H3,(H,25,28,30)/b16-11-. The molecule has 1 aromatic heterocycles. The Labute approximate surface area is 182 Å². The van der Waals surface area contributed by atoms with Crippen molar-refractivity contribution in [2.24, 2.45) is 0 Å². The van der Waals surface area contributed by atoms with E-state index in [9.17, 15) is 14.4 Å². The van der Waals surface area contributed by atoms with Crippen LogP contribution in [0.25, 0.3) is 11.8 Å². The zero-order valence-electron chi connectivity index (χ0n) is 15.7. The van der Waals surface area contributed by atoms with Crippen LogP contribution in [0.4, 0.5) is 10.5 Å². The molecule has 1 aliphatic rings. The molecule has 2 aromatic carbocycles. The largest absolute Gasteiger partial charge is 0.336 e. The zero-order valence-corrected chi connectivity index (χ0v) is 17.2. The first kappa shape index (κ1) is 19.9. The first-order valence-electron chi connectivity index (χ1n) is 8.96. The van der Waals surface area contributed by atoms with Crippen LogP contribution >= 0.6 is 23.2 Å². The quantitative estimate of drug-likeness (QED) is 0.472. The Morgan fingerprint density at radius 1 is 0.967 bits per heavy atom. The van der Waals surface area contributed by atoms with Gasteiger partial charge in [-0.3, -0.25) is 14.9 Å². The lowest BCUT2D eigenvalue weighted by molar-refractivity contribution is -0.122. The number of carbonyl (C=O) groups is 3. The predicted molar refractivity (Wildman–Crippen MR) is 116 cm³/mol. The molecule has 1 aliphatic heterocycles. The second-order valence-electron chi connectivity index (χ2n) is 6.65. The third-order valence-electron chi connectivity index (χ3n) is 4.65. The number of nitrogens with one attached hydrogen (secondary N) is 1. The molecule has 0 radical (unpaired) electrons. The molecule has 4 amide bonds. The molecule has 6 nitrogen and oxygen atoms in total.